The van der Waals surface area contributed by atoms with E-state index in [1.807, 2.05) is 24.3 Å². The summed E-state index contributed by atoms with van der Waals surface area (Å²) >= 11 is 0. The van der Waals surface area contributed by atoms with Crippen molar-refractivity contribution in [3.8, 4) is 33.4 Å². The predicted molar refractivity (Wildman–Crippen MR) is 229 cm³/mol. The average molecular weight is 704 g/mol. The van der Waals surface area contributed by atoms with Crippen LogP contribution in [0.15, 0.2) is 209 Å². The van der Waals surface area contributed by atoms with Gasteiger partial charge in [0.05, 0.1) is 0 Å². The van der Waals surface area contributed by atoms with Gasteiger partial charge in [0.2, 0.25) is 0 Å². The van der Waals surface area contributed by atoms with E-state index in [2.05, 4.69) is 181 Å². The lowest BCUT2D eigenvalue weighted by Crippen LogP contribution is -2.10. The van der Waals surface area contributed by atoms with E-state index in [0.29, 0.717) is 0 Å². The zero-order chi connectivity index (χ0) is 36.3. The Bertz CT molecular complexity index is 3050. The van der Waals surface area contributed by atoms with E-state index in [0.717, 1.165) is 83.2 Å². The monoisotopic (exact) mass is 703 g/mol. The molecule has 55 heavy (non-hydrogen) atoms. The van der Waals surface area contributed by atoms with Crippen LogP contribution in [0, 0.1) is 0 Å². The van der Waals surface area contributed by atoms with Gasteiger partial charge in [-0.3, -0.25) is 0 Å². The molecule has 0 aliphatic heterocycles. The van der Waals surface area contributed by atoms with Gasteiger partial charge in [0, 0.05) is 38.6 Å². The summed E-state index contributed by atoms with van der Waals surface area (Å²) in [4.78, 5) is 2.35. The quantitative estimate of drug-likeness (QED) is 0.173. The molecule has 0 atom stereocenters. The Balaban J connectivity index is 1.03. The third kappa shape index (κ3) is 5.28. The van der Waals surface area contributed by atoms with Crippen molar-refractivity contribution < 1.29 is 8.83 Å². The highest BCUT2D eigenvalue weighted by Gasteiger charge is 2.18. The van der Waals surface area contributed by atoms with Gasteiger partial charge in [-0.25, -0.2) is 0 Å². The first-order chi connectivity index (χ1) is 27.2. The molecule has 0 aliphatic carbocycles. The van der Waals surface area contributed by atoms with Crippen LogP contribution in [0.5, 0.6) is 0 Å². The smallest absolute Gasteiger partial charge is 0.136 e. The van der Waals surface area contributed by atoms with Crippen molar-refractivity contribution in [2.24, 2.45) is 0 Å². The Morgan fingerprint density at radius 3 is 1.36 bits per heavy atom. The first-order valence-corrected chi connectivity index (χ1v) is 18.7. The molecular formula is C52H33NO2. The fraction of sp³-hybridized carbons (Fsp3) is 0. The number of anilines is 3. The lowest BCUT2D eigenvalue weighted by molar-refractivity contribution is 0.668. The summed E-state index contributed by atoms with van der Waals surface area (Å²) < 4.78 is 12.5. The molecule has 0 aliphatic rings. The van der Waals surface area contributed by atoms with Crippen LogP contribution < -0.4 is 4.90 Å². The van der Waals surface area contributed by atoms with E-state index >= 15 is 0 Å². The number of benzene rings is 9. The van der Waals surface area contributed by atoms with E-state index in [1.165, 1.54) is 21.9 Å². The second-order valence-electron chi connectivity index (χ2n) is 14.1. The molecule has 0 spiro atoms. The third-order valence-electron chi connectivity index (χ3n) is 10.9. The highest BCUT2D eigenvalue weighted by atomic mass is 16.3. The summed E-state index contributed by atoms with van der Waals surface area (Å²) in [7, 11) is 0. The van der Waals surface area contributed by atoms with Gasteiger partial charge in [0.15, 0.2) is 0 Å². The third-order valence-corrected chi connectivity index (χ3v) is 10.9. The van der Waals surface area contributed by atoms with Crippen LogP contribution in [0.1, 0.15) is 0 Å². The summed E-state index contributed by atoms with van der Waals surface area (Å²) in [5.41, 5.74) is 13.8. The Morgan fingerprint density at radius 2 is 0.764 bits per heavy atom. The van der Waals surface area contributed by atoms with Gasteiger partial charge >= 0.3 is 0 Å². The van der Waals surface area contributed by atoms with Gasteiger partial charge < -0.3 is 13.7 Å². The van der Waals surface area contributed by atoms with Gasteiger partial charge in [0.1, 0.15) is 22.3 Å². The molecule has 0 N–H and O–H groups in total. The van der Waals surface area contributed by atoms with Crippen molar-refractivity contribution in [2.75, 3.05) is 4.90 Å². The largest absolute Gasteiger partial charge is 0.456 e. The van der Waals surface area contributed by atoms with Crippen LogP contribution in [0.25, 0.3) is 88.0 Å². The lowest BCUT2D eigenvalue weighted by atomic mass is 9.98. The first-order valence-electron chi connectivity index (χ1n) is 18.7. The van der Waals surface area contributed by atoms with E-state index < -0.39 is 0 Å². The molecule has 2 aromatic heterocycles. The molecule has 0 unspecified atom stereocenters. The van der Waals surface area contributed by atoms with Gasteiger partial charge in [-0.15, -0.1) is 0 Å². The highest BCUT2D eigenvalue weighted by molar-refractivity contribution is 6.13. The van der Waals surface area contributed by atoms with Crippen molar-refractivity contribution in [1.29, 1.82) is 0 Å². The Kier molecular flexibility index (Phi) is 7.17. The molecule has 3 nitrogen and oxygen atoms in total. The number of nitrogens with zero attached hydrogens (tertiary/aromatic N) is 1. The molecule has 0 bridgehead atoms. The Morgan fingerprint density at radius 1 is 0.291 bits per heavy atom. The second-order valence-corrected chi connectivity index (χ2v) is 14.1. The van der Waals surface area contributed by atoms with Gasteiger partial charge in [-0.2, -0.15) is 0 Å². The molecule has 0 amide bonds. The zero-order valence-corrected chi connectivity index (χ0v) is 29.8. The van der Waals surface area contributed by atoms with E-state index in [9.17, 15) is 0 Å². The minimum atomic E-state index is 0.897. The maximum Gasteiger partial charge on any atom is 0.136 e. The predicted octanol–water partition coefficient (Wildman–Crippen LogP) is 15.1. The number of hydrogen-bond donors (Lipinski definition) is 0. The van der Waals surface area contributed by atoms with Crippen molar-refractivity contribution in [3.05, 3.63) is 200 Å². The molecule has 0 fully saturated rings. The minimum absolute atomic E-state index is 0.897. The van der Waals surface area contributed by atoms with Crippen LogP contribution in [-0.4, -0.2) is 0 Å². The van der Waals surface area contributed by atoms with Crippen molar-refractivity contribution >= 4 is 71.7 Å². The number of para-hydroxylation sites is 2. The van der Waals surface area contributed by atoms with Gasteiger partial charge in [-0.1, -0.05) is 133 Å². The normalized spacial score (nSPS) is 11.6. The maximum atomic E-state index is 6.23. The fourth-order valence-corrected chi connectivity index (χ4v) is 8.25. The molecule has 258 valence electrons. The molecular weight excluding hydrogens is 671 g/mol. The van der Waals surface area contributed by atoms with E-state index in [-0.39, 0.29) is 0 Å². The molecule has 0 saturated heterocycles. The van der Waals surface area contributed by atoms with Crippen LogP contribution >= 0.6 is 0 Å². The fourth-order valence-electron chi connectivity index (χ4n) is 8.25. The maximum absolute atomic E-state index is 6.23. The Hall–Kier alpha value is -7.36. The van der Waals surface area contributed by atoms with Crippen LogP contribution in [0.4, 0.5) is 17.1 Å². The lowest BCUT2D eigenvalue weighted by Gasteiger charge is -2.26. The standard InChI is InChI=1S/C52H33NO2/c1-2-11-37-32-39(23-22-34(37)10-1)38-12-7-13-42(33-38)53(40-28-24-35(25-29-40)43-16-8-20-49-51(43)45-14-3-5-18-47(45)54-49)41-30-26-36(27-31-41)44-17-9-21-50-52(44)46-15-4-6-19-48(46)55-50/h1-33H. The molecule has 2 heterocycles. The first kappa shape index (κ1) is 31.2. The van der Waals surface area contributed by atoms with Crippen LogP contribution in [-0.2, 0) is 0 Å². The highest BCUT2D eigenvalue weighted by Crippen LogP contribution is 2.42. The SMILES string of the molecule is c1cc(-c2ccc3ccccc3c2)cc(N(c2ccc(-c3cccc4oc5ccccc5c34)cc2)c2ccc(-c3cccc4oc5ccccc5c34)cc2)c1. The summed E-state index contributed by atoms with van der Waals surface area (Å²) in [6, 6.07) is 71.1. The van der Waals surface area contributed by atoms with Crippen molar-refractivity contribution in [2.45, 2.75) is 0 Å². The number of rotatable bonds is 6. The summed E-state index contributed by atoms with van der Waals surface area (Å²) in [6.45, 7) is 0. The molecule has 3 heteroatoms. The number of fused-ring (bicyclic) bond motifs is 7. The van der Waals surface area contributed by atoms with Gasteiger partial charge in [-0.05, 0) is 111 Å². The molecule has 11 rings (SSSR count). The zero-order valence-electron chi connectivity index (χ0n) is 29.8. The van der Waals surface area contributed by atoms with Crippen LogP contribution in [0.2, 0.25) is 0 Å². The number of furan rings is 2. The van der Waals surface area contributed by atoms with Crippen molar-refractivity contribution in [3.63, 3.8) is 0 Å². The Labute approximate surface area is 317 Å². The second kappa shape index (κ2) is 12.6. The van der Waals surface area contributed by atoms with Crippen LogP contribution in [0.3, 0.4) is 0 Å². The minimum Gasteiger partial charge on any atom is -0.456 e. The van der Waals surface area contributed by atoms with E-state index in [4.69, 9.17) is 8.83 Å². The molecule has 0 saturated carbocycles. The molecule has 9 aromatic carbocycles. The van der Waals surface area contributed by atoms with Crippen molar-refractivity contribution in [1.82, 2.24) is 0 Å². The van der Waals surface area contributed by atoms with E-state index in [1.54, 1.807) is 0 Å². The summed E-state index contributed by atoms with van der Waals surface area (Å²) in [5, 5.41) is 7.01. The number of hydrogen-bond acceptors (Lipinski definition) is 3. The topological polar surface area (TPSA) is 29.5 Å². The molecule has 0 radical (unpaired) electrons. The summed E-state index contributed by atoms with van der Waals surface area (Å²) in [5.74, 6) is 0. The van der Waals surface area contributed by atoms with Gasteiger partial charge in [0.25, 0.3) is 0 Å². The summed E-state index contributed by atoms with van der Waals surface area (Å²) in [6.07, 6.45) is 0. The molecule has 11 aromatic rings. The average Bonchev–Trinajstić information content (AvgIpc) is 3.83.